The third-order valence-corrected chi connectivity index (χ3v) is 5.31. The molecule has 0 bridgehead atoms. The van der Waals surface area contributed by atoms with E-state index >= 15 is 0 Å². The smallest absolute Gasteiger partial charge is 0.294 e. The van der Waals surface area contributed by atoms with E-state index in [1.165, 1.54) is 82.1 Å². The minimum atomic E-state index is -4.19. The van der Waals surface area contributed by atoms with Crippen molar-refractivity contribution in [3.05, 3.63) is 24.3 Å². The van der Waals surface area contributed by atoms with Crippen LogP contribution in [0.3, 0.4) is 0 Å². The Hall–Kier alpha value is -1.40. The molecule has 0 spiro atoms. The van der Waals surface area contributed by atoms with Crippen LogP contribution in [-0.4, -0.2) is 18.9 Å². The Balaban J connectivity index is 2.05. The minimum Gasteiger partial charge on any atom is -0.326 e. The van der Waals surface area contributed by atoms with Crippen LogP contribution in [0.5, 0.6) is 0 Å². The molecule has 1 rings (SSSR count). The van der Waals surface area contributed by atoms with Crippen molar-refractivity contribution < 1.29 is 17.8 Å². The summed E-state index contributed by atoms with van der Waals surface area (Å²) in [5.41, 5.74) is 0.533. The monoisotopic (exact) mass is 383 g/mol. The summed E-state index contributed by atoms with van der Waals surface area (Å²) in [4.78, 5) is 11.7. The predicted octanol–water partition coefficient (Wildman–Crippen LogP) is 5.57. The van der Waals surface area contributed by atoms with Gasteiger partial charge in [-0.05, 0) is 30.7 Å². The Morgan fingerprint density at radius 3 is 1.77 bits per heavy atom. The van der Waals surface area contributed by atoms with Gasteiger partial charge in [-0.25, -0.2) is 0 Å². The molecular weight excluding hydrogens is 350 g/mol. The van der Waals surface area contributed by atoms with Gasteiger partial charge in [0.15, 0.2) is 0 Å². The van der Waals surface area contributed by atoms with Crippen molar-refractivity contribution in [1.29, 1.82) is 0 Å². The Kier molecular flexibility index (Phi) is 11.2. The van der Waals surface area contributed by atoms with Gasteiger partial charge in [0, 0.05) is 12.1 Å². The van der Waals surface area contributed by atoms with Crippen molar-refractivity contribution in [2.24, 2.45) is 0 Å². The van der Waals surface area contributed by atoms with Gasteiger partial charge < -0.3 is 5.32 Å². The van der Waals surface area contributed by atoms with E-state index in [0.717, 1.165) is 12.8 Å². The van der Waals surface area contributed by atoms with E-state index < -0.39 is 10.1 Å². The van der Waals surface area contributed by atoms with Gasteiger partial charge in [-0.2, -0.15) is 8.42 Å². The summed E-state index contributed by atoms with van der Waals surface area (Å²) in [5.74, 6) is -0.0690. The van der Waals surface area contributed by atoms with Crippen LogP contribution in [-0.2, 0) is 14.9 Å². The largest absolute Gasteiger partial charge is 0.326 e. The maximum Gasteiger partial charge on any atom is 0.294 e. The molecular formula is C20H33NO4S. The zero-order chi connectivity index (χ0) is 19.3. The molecule has 0 aliphatic rings. The van der Waals surface area contributed by atoms with Crippen molar-refractivity contribution in [1.82, 2.24) is 0 Å². The highest BCUT2D eigenvalue weighted by molar-refractivity contribution is 7.85. The first kappa shape index (κ1) is 22.6. The van der Waals surface area contributed by atoms with E-state index in [1.54, 1.807) is 0 Å². The quantitative estimate of drug-likeness (QED) is 0.325. The molecule has 0 fully saturated rings. The lowest BCUT2D eigenvalue weighted by molar-refractivity contribution is -0.116. The van der Waals surface area contributed by atoms with E-state index in [0.29, 0.717) is 12.1 Å². The van der Waals surface area contributed by atoms with Crippen molar-refractivity contribution in [2.45, 2.75) is 88.9 Å². The number of benzene rings is 1. The molecule has 0 saturated carbocycles. The van der Waals surface area contributed by atoms with Gasteiger partial charge in [-0.3, -0.25) is 9.35 Å². The number of unbranched alkanes of at least 4 members (excludes halogenated alkanes) is 10. The molecule has 0 unspecified atom stereocenters. The van der Waals surface area contributed by atoms with Gasteiger partial charge in [0.1, 0.15) is 0 Å². The van der Waals surface area contributed by atoms with Gasteiger partial charge in [0.25, 0.3) is 10.1 Å². The highest BCUT2D eigenvalue weighted by Gasteiger charge is 2.09. The Morgan fingerprint density at radius 1 is 0.846 bits per heavy atom. The highest BCUT2D eigenvalue weighted by atomic mass is 32.2. The molecule has 1 aromatic rings. The molecule has 6 heteroatoms. The number of hydrogen-bond acceptors (Lipinski definition) is 3. The summed E-state index contributed by atoms with van der Waals surface area (Å²) >= 11 is 0. The lowest BCUT2D eigenvalue weighted by Gasteiger charge is -2.06. The van der Waals surface area contributed by atoms with E-state index in [4.69, 9.17) is 4.55 Å². The molecule has 0 aliphatic carbocycles. The number of anilines is 1. The van der Waals surface area contributed by atoms with E-state index in [2.05, 4.69) is 12.2 Å². The fraction of sp³-hybridized carbons (Fsp3) is 0.650. The summed E-state index contributed by atoms with van der Waals surface area (Å²) in [7, 11) is -4.19. The molecule has 5 nitrogen and oxygen atoms in total. The fourth-order valence-corrected chi connectivity index (χ4v) is 3.36. The average molecular weight is 384 g/mol. The van der Waals surface area contributed by atoms with Crippen LogP contribution in [0.25, 0.3) is 0 Å². The van der Waals surface area contributed by atoms with E-state index in [1.807, 2.05) is 0 Å². The van der Waals surface area contributed by atoms with Gasteiger partial charge in [0.2, 0.25) is 5.91 Å². The summed E-state index contributed by atoms with van der Waals surface area (Å²) in [6.07, 6.45) is 14.1. The fourth-order valence-electron chi connectivity index (χ4n) is 2.88. The second-order valence-electron chi connectivity index (χ2n) is 6.83. The molecule has 0 heterocycles. The molecule has 0 atom stereocenters. The number of rotatable bonds is 14. The maximum absolute atomic E-state index is 11.9. The third kappa shape index (κ3) is 10.6. The first-order valence-corrected chi connectivity index (χ1v) is 11.2. The van der Waals surface area contributed by atoms with Crippen LogP contribution < -0.4 is 5.32 Å². The average Bonchev–Trinajstić information content (AvgIpc) is 2.59. The molecule has 0 aromatic heterocycles. The first-order chi connectivity index (χ1) is 12.4. The second kappa shape index (κ2) is 12.9. The van der Waals surface area contributed by atoms with Crippen LogP contribution in [0.2, 0.25) is 0 Å². The highest BCUT2D eigenvalue weighted by Crippen LogP contribution is 2.15. The normalized spacial score (nSPS) is 11.5. The maximum atomic E-state index is 11.9. The number of hydrogen-bond donors (Lipinski definition) is 2. The van der Waals surface area contributed by atoms with Crippen LogP contribution in [0.1, 0.15) is 84.0 Å². The lowest BCUT2D eigenvalue weighted by atomic mass is 10.1. The zero-order valence-electron chi connectivity index (χ0n) is 15.9. The first-order valence-electron chi connectivity index (χ1n) is 9.81. The molecule has 1 amide bonds. The number of carbonyl (C=O) groups excluding carboxylic acids is 1. The van der Waals surface area contributed by atoms with Crippen molar-refractivity contribution in [3.63, 3.8) is 0 Å². The van der Waals surface area contributed by atoms with Crippen molar-refractivity contribution in [2.75, 3.05) is 5.32 Å². The molecule has 2 N–H and O–H groups in total. The Bertz CT molecular complexity index is 611. The zero-order valence-corrected chi connectivity index (χ0v) is 16.7. The third-order valence-electron chi connectivity index (χ3n) is 4.44. The molecule has 0 aliphatic heterocycles. The second-order valence-corrected chi connectivity index (χ2v) is 8.25. The molecule has 0 saturated heterocycles. The van der Waals surface area contributed by atoms with Gasteiger partial charge >= 0.3 is 0 Å². The predicted molar refractivity (Wildman–Crippen MR) is 106 cm³/mol. The Labute approximate surface area is 158 Å². The van der Waals surface area contributed by atoms with Gasteiger partial charge in [-0.1, -0.05) is 71.1 Å². The summed E-state index contributed by atoms with van der Waals surface area (Å²) in [5, 5.41) is 2.74. The number of carbonyl (C=O) groups is 1. The standard InChI is InChI=1S/C20H33NO4S/c1-2-3-4-5-6-7-8-9-10-11-12-13-20(22)21-18-14-16-19(17-15-18)26(23,24)25/h14-17H,2-13H2,1H3,(H,21,22)(H,23,24,25). The van der Waals surface area contributed by atoms with E-state index in [9.17, 15) is 13.2 Å². The van der Waals surface area contributed by atoms with Gasteiger partial charge in [0.05, 0.1) is 4.90 Å². The lowest BCUT2D eigenvalue weighted by Crippen LogP contribution is -2.11. The van der Waals surface area contributed by atoms with Crippen LogP contribution in [0.4, 0.5) is 5.69 Å². The molecule has 148 valence electrons. The Morgan fingerprint density at radius 2 is 1.31 bits per heavy atom. The minimum absolute atomic E-state index is 0.0690. The van der Waals surface area contributed by atoms with Crippen LogP contribution in [0.15, 0.2) is 29.2 Å². The van der Waals surface area contributed by atoms with Crippen molar-refractivity contribution >= 4 is 21.7 Å². The SMILES string of the molecule is CCCCCCCCCCCCCC(=O)Nc1ccc(S(=O)(=O)O)cc1. The van der Waals surface area contributed by atoms with E-state index in [-0.39, 0.29) is 10.8 Å². The summed E-state index contributed by atoms with van der Waals surface area (Å²) in [6, 6.07) is 5.49. The summed E-state index contributed by atoms with van der Waals surface area (Å²) in [6.45, 7) is 2.24. The van der Waals surface area contributed by atoms with Crippen LogP contribution >= 0.6 is 0 Å². The summed E-state index contributed by atoms with van der Waals surface area (Å²) < 4.78 is 30.8. The molecule has 1 aromatic carbocycles. The topological polar surface area (TPSA) is 83.5 Å². The molecule has 26 heavy (non-hydrogen) atoms. The van der Waals surface area contributed by atoms with Crippen molar-refractivity contribution in [3.8, 4) is 0 Å². The van der Waals surface area contributed by atoms with Gasteiger partial charge in [-0.15, -0.1) is 0 Å². The number of amides is 1. The molecule has 0 radical (unpaired) electrons. The number of nitrogens with one attached hydrogen (secondary N) is 1. The van der Waals surface area contributed by atoms with Crippen LogP contribution in [0, 0.1) is 0 Å².